The van der Waals surface area contributed by atoms with Crippen molar-refractivity contribution >= 4 is 0 Å². The van der Waals surface area contributed by atoms with Gasteiger partial charge in [-0.05, 0) is 43.5 Å². The zero-order chi connectivity index (χ0) is 12.4. The molecule has 2 heteroatoms. The molecule has 0 N–H and O–H groups in total. The molecule has 17 heavy (non-hydrogen) atoms. The summed E-state index contributed by atoms with van der Waals surface area (Å²) in [5.74, 6) is 0. The maximum absolute atomic E-state index is 9.13. The first kappa shape index (κ1) is 11.3. The van der Waals surface area contributed by atoms with E-state index in [1.54, 1.807) is 12.4 Å². The van der Waals surface area contributed by atoms with Crippen molar-refractivity contribution in [1.82, 2.24) is 4.98 Å². The van der Waals surface area contributed by atoms with Crippen LogP contribution in [0.5, 0.6) is 0 Å². The highest BCUT2D eigenvalue weighted by Crippen LogP contribution is 2.30. The average Bonchev–Trinajstić information content (AvgIpc) is 2.28. The molecule has 0 spiro atoms. The van der Waals surface area contributed by atoms with Crippen LogP contribution in [0, 0.1) is 32.1 Å². The summed E-state index contributed by atoms with van der Waals surface area (Å²) in [7, 11) is 0. The fourth-order valence-corrected chi connectivity index (χ4v) is 2.31. The van der Waals surface area contributed by atoms with E-state index in [0.717, 1.165) is 11.1 Å². The zero-order valence-electron chi connectivity index (χ0n) is 10.3. The largest absolute Gasteiger partial charge is 0.263 e. The van der Waals surface area contributed by atoms with Gasteiger partial charge in [-0.3, -0.25) is 4.98 Å². The van der Waals surface area contributed by atoms with Crippen LogP contribution in [0.15, 0.2) is 30.6 Å². The third-order valence-electron chi connectivity index (χ3n) is 2.89. The smallest absolute Gasteiger partial charge is 0.101 e. The fraction of sp³-hybridized carbons (Fsp3) is 0.200. The molecule has 2 nitrogen and oxygen atoms in total. The van der Waals surface area contributed by atoms with E-state index in [2.05, 4.69) is 44.0 Å². The van der Waals surface area contributed by atoms with Gasteiger partial charge in [0, 0.05) is 18.0 Å². The van der Waals surface area contributed by atoms with Crippen molar-refractivity contribution in [3.05, 3.63) is 52.8 Å². The molecule has 0 aliphatic heterocycles. The molecule has 0 aliphatic rings. The average molecular weight is 222 g/mol. The van der Waals surface area contributed by atoms with Crippen LogP contribution >= 0.6 is 0 Å². The van der Waals surface area contributed by atoms with Crippen LogP contribution in [0.3, 0.4) is 0 Å². The van der Waals surface area contributed by atoms with Gasteiger partial charge in [0.25, 0.3) is 0 Å². The second-order valence-electron chi connectivity index (χ2n) is 4.31. The van der Waals surface area contributed by atoms with E-state index >= 15 is 0 Å². The normalized spacial score (nSPS) is 10.0. The second kappa shape index (κ2) is 4.39. The van der Waals surface area contributed by atoms with Gasteiger partial charge in [0.1, 0.15) is 6.07 Å². The van der Waals surface area contributed by atoms with Gasteiger partial charge in [0.05, 0.1) is 5.56 Å². The summed E-state index contributed by atoms with van der Waals surface area (Å²) < 4.78 is 0. The van der Waals surface area contributed by atoms with Crippen molar-refractivity contribution in [2.24, 2.45) is 0 Å². The molecule has 0 aliphatic carbocycles. The summed E-state index contributed by atoms with van der Waals surface area (Å²) in [4.78, 5) is 4.00. The second-order valence-corrected chi connectivity index (χ2v) is 4.31. The van der Waals surface area contributed by atoms with Crippen molar-refractivity contribution in [2.75, 3.05) is 0 Å². The molecular formula is C15H14N2. The molecule has 0 atom stereocenters. The third kappa shape index (κ3) is 2.05. The number of nitrogens with zero attached hydrogens (tertiary/aromatic N) is 2. The van der Waals surface area contributed by atoms with Crippen molar-refractivity contribution in [2.45, 2.75) is 20.8 Å². The molecular weight excluding hydrogens is 208 g/mol. The first-order valence-electron chi connectivity index (χ1n) is 5.56. The highest BCUT2D eigenvalue weighted by atomic mass is 14.6. The number of hydrogen-bond acceptors (Lipinski definition) is 2. The van der Waals surface area contributed by atoms with Crippen LogP contribution in [-0.4, -0.2) is 4.98 Å². The molecule has 0 saturated heterocycles. The maximum atomic E-state index is 9.13. The van der Waals surface area contributed by atoms with E-state index in [0.29, 0.717) is 5.56 Å². The molecule has 1 aromatic heterocycles. The first-order valence-corrected chi connectivity index (χ1v) is 5.56. The summed E-state index contributed by atoms with van der Waals surface area (Å²) in [6.07, 6.45) is 3.35. The van der Waals surface area contributed by atoms with E-state index in [9.17, 15) is 0 Å². The Kier molecular flexibility index (Phi) is 2.93. The molecule has 0 fully saturated rings. The summed E-state index contributed by atoms with van der Waals surface area (Å²) >= 11 is 0. The number of aromatic nitrogens is 1. The Morgan fingerprint density at radius 2 is 1.76 bits per heavy atom. The lowest BCUT2D eigenvalue weighted by molar-refractivity contribution is 1.27. The standard InChI is InChI=1S/C15H14N2/c1-10-6-11(2)15(12(3)7-10)14-4-5-17-9-13(14)8-16/h4-7,9H,1-3H3. The van der Waals surface area contributed by atoms with Crippen LogP contribution in [0.1, 0.15) is 22.3 Å². The number of hydrogen-bond donors (Lipinski definition) is 0. The lowest BCUT2D eigenvalue weighted by Gasteiger charge is -2.12. The van der Waals surface area contributed by atoms with E-state index in [1.807, 2.05) is 6.07 Å². The van der Waals surface area contributed by atoms with Crippen LogP contribution in [-0.2, 0) is 0 Å². The Hall–Kier alpha value is -2.14. The van der Waals surface area contributed by atoms with Gasteiger partial charge in [0.15, 0.2) is 0 Å². The Morgan fingerprint density at radius 3 is 2.35 bits per heavy atom. The van der Waals surface area contributed by atoms with Gasteiger partial charge < -0.3 is 0 Å². The Bertz CT molecular complexity index is 584. The molecule has 1 heterocycles. The number of aryl methyl sites for hydroxylation is 3. The lowest BCUT2D eigenvalue weighted by Crippen LogP contribution is -1.93. The lowest BCUT2D eigenvalue weighted by atomic mass is 9.92. The third-order valence-corrected chi connectivity index (χ3v) is 2.89. The number of nitriles is 1. The summed E-state index contributed by atoms with van der Waals surface area (Å²) in [6, 6.07) is 8.39. The SMILES string of the molecule is Cc1cc(C)c(-c2ccncc2C#N)c(C)c1. The van der Waals surface area contributed by atoms with Gasteiger partial charge in [0.2, 0.25) is 0 Å². The van der Waals surface area contributed by atoms with Crippen molar-refractivity contribution in [1.29, 1.82) is 5.26 Å². The minimum Gasteiger partial charge on any atom is -0.263 e. The van der Waals surface area contributed by atoms with Crippen LogP contribution in [0.2, 0.25) is 0 Å². The monoisotopic (exact) mass is 222 g/mol. The van der Waals surface area contributed by atoms with E-state index in [1.165, 1.54) is 16.7 Å². The quantitative estimate of drug-likeness (QED) is 0.739. The van der Waals surface area contributed by atoms with Gasteiger partial charge >= 0.3 is 0 Å². The molecule has 0 unspecified atom stereocenters. The molecule has 0 bridgehead atoms. The van der Waals surface area contributed by atoms with Crippen molar-refractivity contribution < 1.29 is 0 Å². The van der Waals surface area contributed by atoms with E-state index in [-0.39, 0.29) is 0 Å². The van der Waals surface area contributed by atoms with Crippen molar-refractivity contribution in [3.8, 4) is 17.2 Å². The molecule has 1 aromatic carbocycles. The number of pyridine rings is 1. The fourth-order valence-electron chi connectivity index (χ4n) is 2.31. The first-order chi connectivity index (χ1) is 8.13. The Balaban J connectivity index is 2.74. The molecule has 0 radical (unpaired) electrons. The Morgan fingerprint density at radius 1 is 1.12 bits per heavy atom. The minimum absolute atomic E-state index is 0.627. The zero-order valence-corrected chi connectivity index (χ0v) is 10.3. The topological polar surface area (TPSA) is 36.7 Å². The van der Waals surface area contributed by atoms with Gasteiger partial charge in [-0.2, -0.15) is 5.26 Å². The summed E-state index contributed by atoms with van der Waals surface area (Å²) in [5, 5.41) is 9.13. The Labute approximate surface area is 102 Å². The van der Waals surface area contributed by atoms with E-state index in [4.69, 9.17) is 5.26 Å². The van der Waals surface area contributed by atoms with Crippen LogP contribution in [0.25, 0.3) is 11.1 Å². The van der Waals surface area contributed by atoms with Gasteiger partial charge in [-0.15, -0.1) is 0 Å². The summed E-state index contributed by atoms with van der Waals surface area (Å²) in [5.41, 5.74) is 6.39. The van der Waals surface area contributed by atoms with Crippen molar-refractivity contribution in [3.63, 3.8) is 0 Å². The number of benzene rings is 1. The molecule has 0 amide bonds. The maximum Gasteiger partial charge on any atom is 0.101 e. The summed E-state index contributed by atoms with van der Waals surface area (Å²) in [6.45, 7) is 6.25. The molecule has 84 valence electrons. The highest BCUT2D eigenvalue weighted by Gasteiger charge is 2.10. The number of rotatable bonds is 1. The highest BCUT2D eigenvalue weighted by molar-refractivity contribution is 5.75. The molecule has 0 saturated carbocycles. The minimum atomic E-state index is 0.627. The van der Waals surface area contributed by atoms with E-state index < -0.39 is 0 Å². The van der Waals surface area contributed by atoms with Crippen LogP contribution < -0.4 is 0 Å². The molecule has 2 aromatic rings. The van der Waals surface area contributed by atoms with Gasteiger partial charge in [-0.25, -0.2) is 0 Å². The van der Waals surface area contributed by atoms with Gasteiger partial charge in [-0.1, -0.05) is 17.7 Å². The predicted octanol–water partition coefficient (Wildman–Crippen LogP) is 3.55. The predicted molar refractivity (Wildman–Crippen MR) is 68.6 cm³/mol. The van der Waals surface area contributed by atoms with Crippen LogP contribution in [0.4, 0.5) is 0 Å². The molecule has 2 rings (SSSR count).